The SMILES string of the molecule is CC(C)CNC(=O)Nc1cc(-c2cccc(NC(=O)c3ccc(C4CC4)cc3)c2CO)nn2ccnc12. The summed E-state index contributed by atoms with van der Waals surface area (Å²) in [5.41, 5.74) is 4.94. The van der Waals surface area contributed by atoms with E-state index < -0.39 is 0 Å². The van der Waals surface area contributed by atoms with Gasteiger partial charge < -0.3 is 21.1 Å². The number of hydrogen-bond acceptors (Lipinski definition) is 5. The predicted octanol–water partition coefficient (Wildman–Crippen LogP) is 4.80. The lowest BCUT2D eigenvalue weighted by molar-refractivity contribution is 0.102. The van der Waals surface area contributed by atoms with Crippen LogP contribution in [0.3, 0.4) is 0 Å². The summed E-state index contributed by atoms with van der Waals surface area (Å²) >= 11 is 0. The second-order valence-electron chi connectivity index (χ2n) is 9.71. The number of aliphatic hydroxyl groups excluding tert-OH is 1. The molecule has 1 aliphatic carbocycles. The van der Waals surface area contributed by atoms with E-state index in [0.717, 1.165) is 0 Å². The average Bonchev–Trinajstić information content (AvgIpc) is 3.64. The van der Waals surface area contributed by atoms with Crippen molar-refractivity contribution < 1.29 is 14.7 Å². The molecule has 0 spiro atoms. The maximum atomic E-state index is 13.0. The van der Waals surface area contributed by atoms with Crippen molar-refractivity contribution in [2.24, 2.45) is 5.92 Å². The standard InChI is InChI=1S/C28H30N6O3/c1-17(2)15-30-28(37)32-25-14-24(33-34-13-12-29-26(25)34)21-4-3-5-23(22(21)16-35)31-27(36)20-10-8-19(9-11-20)18-6-7-18/h3-5,8-14,17-18,35H,6-7,15-16H2,1-2H3,(H,31,36)(H2,30,32,37). The first-order chi connectivity index (χ1) is 17.9. The molecule has 0 unspecified atom stereocenters. The van der Waals surface area contributed by atoms with E-state index in [4.69, 9.17) is 0 Å². The van der Waals surface area contributed by atoms with Gasteiger partial charge in [-0.25, -0.2) is 14.3 Å². The Labute approximate surface area is 214 Å². The molecule has 190 valence electrons. The lowest BCUT2D eigenvalue weighted by Gasteiger charge is -2.15. The van der Waals surface area contributed by atoms with Crippen molar-refractivity contribution in [1.82, 2.24) is 19.9 Å². The van der Waals surface area contributed by atoms with Crippen LogP contribution in [0.4, 0.5) is 16.2 Å². The maximum Gasteiger partial charge on any atom is 0.319 e. The molecule has 0 bridgehead atoms. The number of carbonyl (C=O) groups excluding carboxylic acids is 2. The predicted molar refractivity (Wildman–Crippen MR) is 143 cm³/mol. The molecule has 3 amide bonds. The van der Waals surface area contributed by atoms with E-state index in [1.165, 1.54) is 18.4 Å². The lowest BCUT2D eigenvalue weighted by Crippen LogP contribution is -2.31. The van der Waals surface area contributed by atoms with Gasteiger partial charge in [-0.1, -0.05) is 38.1 Å². The third-order valence-electron chi connectivity index (χ3n) is 6.36. The molecule has 0 radical (unpaired) electrons. The van der Waals surface area contributed by atoms with Gasteiger partial charge >= 0.3 is 6.03 Å². The fourth-order valence-corrected chi connectivity index (χ4v) is 4.24. The number of nitrogens with one attached hydrogen (secondary N) is 3. The number of nitrogens with zero attached hydrogens (tertiary/aromatic N) is 3. The fraction of sp³-hybridized carbons (Fsp3) is 0.286. The van der Waals surface area contributed by atoms with Gasteiger partial charge in [0.1, 0.15) is 0 Å². The van der Waals surface area contributed by atoms with Gasteiger partial charge in [0, 0.05) is 41.3 Å². The van der Waals surface area contributed by atoms with Crippen LogP contribution in [0.25, 0.3) is 16.9 Å². The van der Waals surface area contributed by atoms with Gasteiger partial charge in [-0.15, -0.1) is 0 Å². The molecule has 9 heteroatoms. The Bertz CT molecular complexity index is 1440. The number of rotatable bonds is 8. The molecule has 4 aromatic rings. The Hall–Kier alpha value is -4.24. The molecule has 4 N–H and O–H groups in total. The highest BCUT2D eigenvalue weighted by Gasteiger charge is 2.23. The minimum atomic E-state index is -0.341. The summed E-state index contributed by atoms with van der Waals surface area (Å²) in [7, 11) is 0. The van der Waals surface area contributed by atoms with Gasteiger partial charge in [0.05, 0.1) is 18.0 Å². The lowest BCUT2D eigenvalue weighted by atomic mass is 10.0. The molecular formula is C28H30N6O3. The van der Waals surface area contributed by atoms with Crippen molar-refractivity contribution in [3.8, 4) is 11.3 Å². The third kappa shape index (κ3) is 5.46. The zero-order valence-corrected chi connectivity index (χ0v) is 20.9. The first-order valence-electron chi connectivity index (χ1n) is 12.5. The normalized spacial score (nSPS) is 13.1. The highest BCUT2D eigenvalue weighted by Crippen LogP contribution is 2.40. The van der Waals surface area contributed by atoms with Gasteiger partial charge in [-0.05, 0) is 54.5 Å². The molecule has 9 nitrogen and oxygen atoms in total. The Morgan fingerprint density at radius 3 is 2.57 bits per heavy atom. The molecule has 1 fully saturated rings. The summed E-state index contributed by atoms with van der Waals surface area (Å²) in [5.74, 6) is 0.679. The molecule has 0 atom stereocenters. The van der Waals surface area contributed by atoms with E-state index in [2.05, 4.69) is 26.0 Å². The Balaban J connectivity index is 1.43. The van der Waals surface area contributed by atoms with Crippen molar-refractivity contribution in [2.45, 2.75) is 39.2 Å². The van der Waals surface area contributed by atoms with Gasteiger partial charge in [-0.3, -0.25) is 4.79 Å². The molecule has 2 aromatic heterocycles. The molecule has 37 heavy (non-hydrogen) atoms. The second kappa shape index (κ2) is 10.4. The smallest absolute Gasteiger partial charge is 0.319 e. The van der Waals surface area contributed by atoms with E-state index in [-0.39, 0.29) is 18.5 Å². The second-order valence-corrected chi connectivity index (χ2v) is 9.71. The van der Waals surface area contributed by atoms with Crippen LogP contribution in [0.15, 0.2) is 60.9 Å². The van der Waals surface area contributed by atoms with Crippen LogP contribution >= 0.6 is 0 Å². The summed E-state index contributed by atoms with van der Waals surface area (Å²) in [5, 5.41) is 23.5. The molecule has 0 saturated heterocycles. The van der Waals surface area contributed by atoms with E-state index in [0.29, 0.717) is 57.8 Å². The Morgan fingerprint density at radius 2 is 1.86 bits per heavy atom. The van der Waals surface area contributed by atoms with Crippen molar-refractivity contribution >= 4 is 29.0 Å². The van der Waals surface area contributed by atoms with Crippen LogP contribution in [-0.4, -0.2) is 38.2 Å². The van der Waals surface area contributed by atoms with Gasteiger partial charge in [0.15, 0.2) is 5.65 Å². The number of aromatic nitrogens is 3. The van der Waals surface area contributed by atoms with Crippen molar-refractivity contribution in [3.63, 3.8) is 0 Å². The van der Waals surface area contributed by atoms with Crippen LogP contribution in [0.5, 0.6) is 0 Å². The molecule has 0 aliphatic heterocycles. The number of benzene rings is 2. The minimum absolute atomic E-state index is 0.253. The monoisotopic (exact) mass is 498 g/mol. The Kier molecular flexibility index (Phi) is 6.87. The van der Waals surface area contributed by atoms with Crippen LogP contribution in [-0.2, 0) is 6.61 Å². The van der Waals surface area contributed by atoms with Gasteiger partial charge in [0.2, 0.25) is 0 Å². The molecular weight excluding hydrogens is 468 g/mol. The van der Waals surface area contributed by atoms with Gasteiger partial charge in [0.25, 0.3) is 5.91 Å². The largest absolute Gasteiger partial charge is 0.392 e. The van der Waals surface area contributed by atoms with Gasteiger partial charge in [-0.2, -0.15) is 5.10 Å². The maximum absolute atomic E-state index is 13.0. The van der Waals surface area contributed by atoms with E-state index in [9.17, 15) is 14.7 Å². The van der Waals surface area contributed by atoms with Crippen LogP contribution in [0.2, 0.25) is 0 Å². The highest BCUT2D eigenvalue weighted by atomic mass is 16.3. The van der Waals surface area contributed by atoms with Crippen LogP contribution in [0, 0.1) is 5.92 Å². The average molecular weight is 499 g/mol. The number of imidazole rings is 1. The van der Waals surface area contributed by atoms with E-state index >= 15 is 0 Å². The molecule has 2 aromatic carbocycles. The molecule has 5 rings (SSSR count). The quantitative estimate of drug-likeness (QED) is 0.278. The van der Waals surface area contributed by atoms with Crippen LogP contribution < -0.4 is 16.0 Å². The summed E-state index contributed by atoms with van der Waals surface area (Å²) in [4.78, 5) is 29.7. The summed E-state index contributed by atoms with van der Waals surface area (Å²) < 4.78 is 1.57. The summed E-state index contributed by atoms with van der Waals surface area (Å²) in [6, 6.07) is 14.4. The number of carbonyl (C=O) groups is 2. The highest BCUT2D eigenvalue weighted by molar-refractivity contribution is 6.05. The number of hydrogen-bond donors (Lipinski definition) is 4. The first-order valence-corrected chi connectivity index (χ1v) is 12.5. The minimum Gasteiger partial charge on any atom is -0.392 e. The van der Waals surface area contributed by atoms with E-state index in [1.54, 1.807) is 35.1 Å². The number of amides is 3. The zero-order valence-electron chi connectivity index (χ0n) is 20.9. The topological polar surface area (TPSA) is 121 Å². The molecule has 2 heterocycles. The van der Waals surface area contributed by atoms with Crippen molar-refractivity contribution in [2.75, 3.05) is 17.2 Å². The number of aliphatic hydroxyl groups is 1. The molecule has 1 saturated carbocycles. The first kappa shape index (κ1) is 24.5. The van der Waals surface area contributed by atoms with Crippen molar-refractivity contribution in [3.05, 3.63) is 77.6 Å². The fourth-order valence-electron chi connectivity index (χ4n) is 4.24. The molecule has 1 aliphatic rings. The summed E-state index contributed by atoms with van der Waals surface area (Å²) in [6.07, 6.45) is 5.70. The summed E-state index contributed by atoms with van der Waals surface area (Å²) in [6.45, 7) is 4.26. The number of fused-ring (bicyclic) bond motifs is 1. The number of anilines is 2. The Morgan fingerprint density at radius 1 is 1.08 bits per heavy atom. The van der Waals surface area contributed by atoms with Crippen molar-refractivity contribution in [1.29, 1.82) is 0 Å². The van der Waals surface area contributed by atoms with E-state index in [1.807, 2.05) is 44.2 Å². The number of urea groups is 1. The zero-order chi connectivity index (χ0) is 25.9. The van der Waals surface area contributed by atoms with Crippen LogP contribution in [0.1, 0.15) is 54.1 Å². The third-order valence-corrected chi connectivity index (χ3v) is 6.36.